The van der Waals surface area contributed by atoms with Crippen molar-refractivity contribution in [3.8, 4) is 0 Å². The maximum absolute atomic E-state index is 12.0. The molecule has 0 aliphatic carbocycles. The number of halogens is 1. The number of aliphatic hydroxyl groups is 2. The topological polar surface area (TPSA) is 99.5 Å². The van der Waals surface area contributed by atoms with Gasteiger partial charge in [0.1, 0.15) is 6.04 Å². The highest BCUT2D eigenvalue weighted by atomic mass is 79.9. The Balaban J connectivity index is 2.75. The van der Waals surface area contributed by atoms with E-state index in [1.165, 1.54) is 19.3 Å². The Morgan fingerprint density at radius 3 is 2.70 bits per heavy atom. The number of ketones is 1. The van der Waals surface area contributed by atoms with E-state index >= 15 is 0 Å². The first-order chi connectivity index (χ1) is 9.45. The highest BCUT2D eigenvalue weighted by Gasteiger charge is 2.25. The van der Waals surface area contributed by atoms with Crippen molar-refractivity contribution in [2.75, 3.05) is 6.61 Å². The van der Waals surface area contributed by atoms with Gasteiger partial charge in [-0.25, -0.2) is 0 Å². The van der Waals surface area contributed by atoms with Gasteiger partial charge in [-0.2, -0.15) is 0 Å². The standard InChI is InChI=1S/C13H17BrN2O4/c1-8(18)12(11(19)3-2-4-17)16-13(20)9-5-10(14)7-15-6-9/h5-8,12,17-18H,2-4H2,1H3,(H,16,20)/t8-,12+/m1/s1. The molecule has 1 amide bonds. The van der Waals surface area contributed by atoms with Crippen LogP contribution in [0.3, 0.4) is 0 Å². The SMILES string of the molecule is C[C@@H](O)[C@H](NC(=O)c1cncc(Br)c1)C(=O)CCCO. The first-order valence-corrected chi connectivity index (χ1v) is 6.98. The van der Waals surface area contributed by atoms with E-state index in [4.69, 9.17) is 5.11 Å². The fraction of sp³-hybridized carbons (Fsp3) is 0.462. The van der Waals surface area contributed by atoms with E-state index in [9.17, 15) is 14.7 Å². The molecule has 0 fully saturated rings. The molecule has 6 nitrogen and oxygen atoms in total. The van der Waals surface area contributed by atoms with Crippen molar-refractivity contribution in [2.45, 2.75) is 31.9 Å². The molecule has 110 valence electrons. The minimum Gasteiger partial charge on any atom is -0.396 e. The summed E-state index contributed by atoms with van der Waals surface area (Å²) in [5.74, 6) is -0.799. The Labute approximate surface area is 125 Å². The van der Waals surface area contributed by atoms with Gasteiger partial charge in [-0.3, -0.25) is 14.6 Å². The Morgan fingerprint density at radius 1 is 1.45 bits per heavy atom. The van der Waals surface area contributed by atoms with Gasteiger partial charge in [0.05, 0.1) is 11.7 Å². The molecule has 0 bridgehead atoms. The van der Waals surface area contributed by atoms with Crippen molar-refractivity contribution in [3.63, 3.8) is 0 Å². The summed E-state index contributed by atoms with van der Waals surface area (Å²) in [5, 5.41) is 20.8. The summed E-state index contributed by atoms with van der Waals surface area (Å²) in [6.45, 7) is 1.32. The van der Waals surface area contributed by atoms with E-state index in [1.54, 1.807) is 6.07 Å². The van der Waals surface area contributed by atoms with Gasteiger partial charge in [0.2, 0.25) is 0 Å². The molecule has 0 aliphatic heterocycles. The van der Waals surface area contributed by atoms with E-state index in [-0.39, 0.29) is 18.8 Å². The van der Waals surface area contributed by atoms with Crippen molar-refractivity contribution in [2.24, 2.45) is 0 Å². The van der Waals surface area contributed by atoms with Crippen LogP contribution in [0.15, 0.2) is 22.9 Å². The Morgan fingerprint density at radius 2 is 2.15 bits per heavy atom. The van der Waals surface area contributed by atoms with Gasteiger partial charge in [0, 0.05) is 29.9 Å². The van der Waals surface area contributed by atoms with Crippen molar-refractivity contribution >= 4 is 27.6 Å². The molecule has 0 unspecified atom stereocenters. The number of pyridine rings is 1. The van der Waals surface area contributed by atoms with Gasteiger partial charge in [0.25, 0.3) is 5.91 Å². The lowest BCUT2D eigenvalue weighted by Crippen LogP contribution is -2.47. The van der Waals surface area contributed by atoms with Crippen LogP contribution in [0.4, 0.5) is 0 Å². The highest BCUT2D eigenvalue weighted by Crippen LogP contribution is 2.10. The fourth-order valence-electron chi connectivity index (χ4n) is 1.64. The van der Waals surface area contributed by atoms with E-state index in [2.05, 4.69) is 26.2 Å². The maximum atomic E-state index is 12.0. The molecule has 1 heterocycles. The van der Waals surface area contributed by atoms with Crippen LogP contribution < -0.4 is 5.32 Å². The minimum absolute atomic E-state index is 0.100. The molecule has 0 saturated heterocycles. The summed E-state index contributed by atoms with van der Waals surface area (Å²) in [6.07, 6.45) is 2.30. The minimum atomic E-state index is -1.01. The van der Waals surface area contributed by atoms with Crippen LogP contribution in [-0.2, 0) is 4.79 Å². The Bertz CT molecular complexity index is 479. The molecule has 0 aliphatic rings. The summed E-state index contributed by atoms with van der Waals surface area (Å²) in [4.78, 5) is 27.7. The van der Waals surface area contributed by atoms with E-state index in [0.717, 1.165) is 0 Å². The van der Waals surface area contributed by atoms with Crippen LogP contribution in [0.25, 0.3) is 0 Å². The van der Waals surface area contributed by atoms with Crippen molar-refractivity contribution < 1.29 is 19.8 Å². The number of amides is 1. The summed E-state index contributed by atoms with van der Waals surface area (Å²) < 4.78 is 0.644. The second kappa shape index (κ2) is 8.08. The number of carbonyl (C=O) groups excluding carboxylic acids is 2. The molecule has 1 rings (SSSR count). The summed E-state index contributed by atoms with van der Waals surface area (Å²) in [7, 11) is 0. The molecule has 7 heteroatoms. The predicted octanol–water partition coefficient (Wildman–Crippen LogP) is 0.665. The third kappa shape index (κ3) is 4.99. The average molecular weight is 345 g/mol. The number of hydrogen-bond acceptors (Lipinski definition) is 5. The number of aromatic nitrogens is 1. The highest BCUT2D eigenvalue weighted by molar-refractivity contribution is 9.10. The van der Waals surface area contributed by atoms with Gasteiger partial charge in [0.15, 0.2) is 5.78 Å². The smallest absolute Gasteiger partial charge is 0.253 e. The quantitative estimate of drug-likeness (QED) is 0.674. The molecular formula is C13H17BrN2O4. The second-order valence-electron chi connectivity index (χ2n) is 4.38. The molecule has 3 N–H and O–H groups in total. The van der Waals surface area contributed by atoms with Crippen molar-refractivity contribution in [3.05, 3.63) is 28.5 Å². The van der Waals surface area contributed by atoms with Crippen LogP contribution in [0.1, 0.15) is 30.1 Å². The van der Waals surface area contributed by atoms with Crippen LogP contribution in [0.5, 0.6) is 0 Å². The number of carbonyl (C=O) groups is 2. The first kappa shape index (κ1) is 16.7. The number of nitrogens with one attached hydrogen (secondary N) is 1. The Kier molecular flexibility index (Phi) is 6.77. The maximum Gasteiger partial charge on any atom is 0.253 e. The van der Waals surface area contributed by atoms with E-state index in [1.807, 2.05) is 0 Å². The van der Waals surface area contributed by atoms with Crippen molar-refractivity contribution in [1.82, 2.24) is 10.3 Å². The molecule has 20 heavy (non-hydrogen) atoms. The number of hydrogen-bond donors (Lipinski definition) is 3. The predicted molar refractivity (Wildman–Crippen MR) is 76.2 cm³/mol. The zero-order valence-electron chi connectivity index (χ0n) is 11.0. The fourth-order valence-corrected chi connectivity index (χ4v) is 2.00. The van der Waals surface area contributed by atoms with Gasteiger partial charge in [-0.1, -0.05) is 0 Å². The van der Waals surface area contributed by atoms with Crippen LogP contribution in [0.2, 0.25) is 0 Å². The molecule has 1 aromatic heterocycles. The second-order valence-corrected chi connectivity index (χ2v) is 5.29. The lowest BCUT2D eigenvalue weighted by molar-refractivity contribution is -0.123. The number of aliphatic hydroxyl groups excluding tert-OH is 2. The van der Waals surface area contributed by atoms with E-state index < -0.39 is 18.1 Å². The summed E-state index contributed by atoms with van der Waals surface area (Å²) in [6, 6.07) is 0.577. The largest absolute Gasteiger partial charge is 0.396 e. The van der Waals surface area contributed by atoms with Gasteiger partial charge in [-0.15, -0.1) is 0 Å². The van der Waals surface area contributed by atoms with Gasteiger partial charge < -0.3 is 15.5 Å². The van der Waals surface area contributed by atoms with Gasteiger partial charge in [-0.05, 0) is 35.3 Å². The summed E-state index contributed by atoms with van der Waals surface area (Å²) >= 11 is 3.20. The zero-order valence-corrected chi connectivity index (χ0v) is 12.6. The monoisotopic (exact) mass is 344 g/mol. The molecule has 0 spiro atoms. The molecule has 0 aromatic carbocycles. The number of rotatable bonds is 7. The molecule has 2 atom stereocenters. The van der Waals surface area contributed by atoms with Crippen molar-refractivity contribution in [1.29, 1.82) is 0 Å². The first-order valence-electron chi connectivity index (χ1n) is 6.18. The van der Waals surface area contributed by atoms with Crippen LogP contribution in [0, 0.1) is 0 Å². The third-order valence-corrected chi connectivity index (χ3v) is 3.10. The lowest BCUT2D eigenvalue weighted by Gasteiger charge is -2.20. The zero-order chi connectivity index (χ0) is 15.1. The summed E-state index contributed by atoms with van der Waals surface area (Å²) in [5.41, 5.74) is 0.292. The Hall–Kier alpha value is -1.31. The normalized spacial score (nSPS) is 13.6. The molecule has 0 radical (unpaired) electrons. The number of Topliss-reactive ketones (excluding diaryl/α,β-unsaturated/α-hetero) is 1. The molecule has 0 saturated carbocycles. The number of nitrogens with zero attached hydrogens (tertiary/aromatic N) is 1. The molecular weight excluding hydrogens is 328 g/mol. The third-order valence-electron chi connectivity index (χ3n) is 2.66. The van der Waals surface area contributed by atoms with E-state index in [0.29, 0.717) is 16.5 Å². The van der Waals surface area contributed by atoms with Crippen LogP contribution >= 0.6 is 15.9 Å². The average Bonchev–Trinajstić information content (AvgIpc) is 2.41. The lowest BCUT2D eigenvalue weighted by atomic mass is 10.0. The van der Waals surface area contributed by atoms with Crippen LogP contribution in [-0.4, -0.2) is 45.6 Å². The molecule has 1 aromatic rings. The van der Waals surface area contributed by atoms with Gasteiger partial charge >= 0.3 is 0 Å².